The van der Waals surface area contributed by atoms with Gasteiger partial charge < -0.3 is 4.90 Å². The average molecular weight is 401 g/mol. The van der Waals surface area contributed by atoms with Crippen molar-refractivity contribution in [3.05, 3.63) is 47.8 Å². The molecule has 1 aliphatic carbocycles. The highest BCUT2D eigenvalue weighted by Crippen LogP contribution is 2.44. The molecule has 1 unspecified atom stereocenters. The Morgan fingerprint density at radius 2 is 2.04 bits per heavy atom. The van der Waals surface area contributed by atoms with E-state index in [1.165, 1.54) is 0 Å². The number of hydrogen-bond acceptors (Lipinski definition) is 5. The number of carbonyl (C=O) groups excluding carboxylic acids is 1. The third-order valence-corrected chi connectivity index (χ3v) is 6.36. The first-order valence-corrected chi connectivity index (χ1v) is 11.4. The summed E-state index contributed by atoms with van der Waals surface area (Å²) in [5.41, 5.74) is 3.02. The largest absolute Gasteiger partial charge is 0.341 e. The SMILES string of the molecule is CS(=O)(=O)NCC(=O)N1CCCC2(CCc3cnc(-c4ccccc4)nc32)C1. The average Bonchev–Trinajstić information content (AvgIpc) is 3.03. The van der Waals surface area contributed by atoms with Gasteiger partial charge in [-0.3, -0.25) is 4.79 Å². The van der Waals surface area contributed by atoms with Gasteiger partial charge in [0, 0.05) is 30.3 Å². The predicted molar refractivity (Wildman–Crippen MR) is 106 cm³/mol. The summed E-state index contributed by atoms with van der Waals surface area (Å²) in [6.45, 7) is 1.04. The van der Waals surface area contributed by atoms with E-state index >= 15 is 0 Å². The Kier molecular flexibility index (Phi) is 4.93. The topological polar surface area (TPSA) is 92.3 Å². The van der Waals surface area contributed by atoms with E-state index in [9.17, 15) is 13.2 Å². The molecule has 0 radical (unpaired) electrons. The molecular formula is C20H24N4O3S. The van der Waals surface area contributed by atoms with E-state index in [4.69, 9.17) is 4.98 Å². The van der Waals surface area contributed by atoms with Crippen molar-refractivity contribution in [2.45, 2.75) is 31.1 Å². The summed E-state index contributed by atoms with van der Waals surface area (Å²) in [7, 11) is -3.39. The van der Waals surface area contributed by atoms with Crippen molar-refractivity contribution >= 4 is 15.9 Å². The molecule has 1 N–H and O–H groups in total. The number of sulfonamides is 1. The summed E-state index contributed by atoms with van der Waals surface area (Å²) < 4.78 is 24.9. The van der Waals surface area contributed by atoms with E-state index < -0.39 is 10.0 Å². The van der Waals surface area contributed by atoms with Crippen LogP contribution in [0.1, 0.15) is 30.5 Å². The summed E-state index contributed by atoms with van der Waals surface area (Å²) in [4.78, 5) is 23.8. The first-order chi connectivity index (χ1) is 13.4. The number of rotatable bonds is 4. The molecule has 148 valence electrons. The van der Waals surface area contributed by atoms with Gasteiger partial charge in [-0.25, -0.2) is 23.1 Å². The second-order valence-electron chi connectivity index (χ2n) is 7.73. The Bertz CT molecular complexity index is 990. The zero-order valence-electron chi connectivity index (χ0n) is 15.9. The molecule has 2 aliphatic rings. The van der Waals surface area contributed by atoms with Gasteiger partial charge in [0.25, 0.3) is 0 Å². The summed E-state index contributed by atoms with van der Waals surface area (Å²) in [6, 6.07) is 9.90. The lowest BCUT2D eigenvalue weighted by atomic mass is 9.77. The van der Waals surface area contributed by atoms with Crippen LogP contribution in [0.25, 0.3) is 11.4 Å². The van der Waals surface area contributed by atoms with Crippen molar-refractivity contribution in [3.63, 3.8) is 0 Å². The predicted octanol–water partition coefficient (Wildman–Crippen LogP) is 1.50. The molecule has 28 heavy (non-hydrogen) atoms. The number of likely N-dealkylation sites (tertiary alicyclic amines) is 1. The minimum absolute atomic E-state index is 0.166. The van der Waals surface area contributed by atoms with Crippen molar-refractivity contribution < 1.29 is 13.2 Å². The third-order valence-electron chi connectivity index (χ3n) is 5.69. The zero-order valence-corrected chi connectivity index (χ0v) is 16.7. The maximum Gasteiger partial charge on any atom is 0.237 e. The lowest BCUT2D eigenvalue weighted by molar-refractivity contribution is -0.132. The van der Waals surface area contributed by atoms with Crippen LogP contribution in [-0.2, 0) is 26.7 Å². The number of benzene rings is 1. The molecule has 1 aromatic carbocycles. The summed E-state index contributed by atoms with van der Waals surface area (Å²) in [6.07, 6.45) is 6.70. The quantitative estimate of drug-likeness (QED) is 0.840. The highest BCUT2D eigenvalue weighted by Gasteiger charge is 2.44. The highest BCUT2D eigenvalue weighted by atomic mass is 32.2. The molecule has 0 bridgehead atoms. The van der Waals surface area contributed by atoms with E-state index in [0.717, 1.165) is 48.8 Å². The van der Waals surface area contributed by atoms with Gasteiger partial charge in [0.2, 0.25) is 15.9 Å². The van der Waals surface area contributed by atoms with Crippen LogP contribution in [0, 0.1) is 0 Å². The zero-order chi connectivity index (χ0) is 19.8. The van der Waals surface area contributed by atoms with Crippen molar-refractivity contribution in [1.82, 2.24) is 19.6 Å². The van der Waals surface area contributed by atoms with Crippen LogP contribution in [0.15, 0.2) is 36.5 Å². The Morgan fingerprint density at radius 3 is 2.79 bits per heavy atom. The van der Waals surface area contributed by atoms with Gasteiger partial charge in [0.05, 0.1) is 18.5 Å². The molecule has 7 nitrogen and oxygen atoms in total. The Labute approximate surface area is 165 Å². The van der Waals surface area contributed by atoms with Gasteiger partial charge in [-0.1, -0.05) is 30.3 Å². The summed E-state index contributed by atoms with van der Waals surface area (Å²) in [5.74, 6) is 0.526. The van der Waals surface area contributed by atoms with Gasteiger partial charge in [0.1, 0.15) is 0 Å². The smallest absolute Gasteiger partial charge is 0.237 e. The van der Waals surface area contributed by atoms with Crippen molar-refractivity contribution in [3.8, 4) is 11.4 Å². The van der Waals surface area contributed by atoms with Gasteiger partial charge >= 0.3 is 0 Å². The number of nitrogens with one attached hydrogen (secondary N) is 1. The number of hydrogen-bond donors (Lipinski definition) is 1. The Balaban J connectivity index is 1.59. The molecular weight excluding hydrogens is 376 g/mol. The third kappa shape index (κ3) is 3.79. The van der Waals surface area contributed by atoms with E-state index in [1.807, 2.05) is 36.5 Å². The molecule has 2 aromatic rings. The normalized spacial score (nSPS) is 21.7. The maximum absolute atomic E-state index is 12.6. The van der Waals surface area contributed by atoms with Gasteiger partial charge in [-0.15, -0.1) is 0 Å². The second kappa shape index (κ2) is 7.25. The lowest BCUT2D eigenvalue weighted by Crippen LogP contribution is -2.50. The van der Waals surface area contributed by atoms with Crippen LogP contribution in [0.3, 0.4) is 0 Å². The molecule has 8 heteroatoms. The highest BCUT2D eigenvalue weighted by molar-refractivity contribution is 7.88. The number of nitrogens with zero attached hydrogens (tertiary/aromatic N) is 3. The number of carbonyl (C=O) groups is 1. The standard InChI is InChI=1S/C20H24N4O3S/c1-28(26,27)22-13-17(25)24-11-5-9-20(14-24)10-8-16-12-21-19(23-18(16)20)15-6-3-2-4-7-15/h2-4,6-7,12,22H,5,8-11,13-14H2,1H3. The van der Waals surface area contributed by atoms with Gasteiger partial charge in [-0.2, -0.15) is 0 Å². The fourth-order valence-electron chi connectivity index (χ4n) is 4.31. The monoisotopic (exact) mass is 400 g/mol. The number of piperidine rings is 1. The summed E-state index contributed by atoms with van der Waals surface area (Å²) in [5, 5.41) is 0. The van der Waals surface area contributed by atoms with Crippen molar-refractivity contribution in [1.29, 1.82) is 0 Å². The fourth-order valence-corrected chi connectivity index (χ4v) is 4.70. The minimum Gasteiger partial charge on any atom is -0.341 e. The van der Waals surface area contributed by atoms with E-state index in [2.05, 4.69) is 9.71 Å². The molecule has 1 amide bonds. The van der Waals surface area contributed by atoms with Crippen LogP contribution in [0.2, 0.25) is 0 Å². The van der Waals surface area contributed by atoms with Crippen molar-refractivity contribution in [2.75, 3.05) is 25.9 Å². The molecule has 1 atom stereocenters. The minimum atomic E-state index is -3.39. The molecule has 1 fully saturated rings. The van der Waals surface area contributed by atoms with E-state index in [1.54, 1.807) is 4.90 Å². The fraction of sp³-hybridized carbons (Fsp3) is 0.450. The number of aromatic nitrogens is 2. The maximum atomic E-state index is 12.6. The molecule has 1 spiro atoms. The van der Waals surface area contributed by atoms with Crippen LogP contribution in [0.4, 0.5) is 0 Å². The number of aryl methyl sites for hydroxylation is 1. The Morgan fingerprint density at radius 1 is 1.25 bits per heavy atom. The lowest BCUT2D eigenvalue weighted by Gasteiger charge is -2.40. The first-order valence-electron chi connectivity index (χ1n) is 9.51. The van der Waals surface area contributed by atoms with Crippen LogP contribution in [-0.4, -0.2) is 55.1 Å². The molecule has 1 saturated heterocycles. The van der Waals surface area contributed by atoms with Crippen LogP contribution >= 0.6 is 0 Å². The van der Waals surface area contributed by atoms with E-state index in [-0.39, 0.29) is 17.9 Å². The molecule has 4 rings (SSSR count). The van der Waals surface area contributed by atoms with Crippen LogP contribution < -0.4 is 4.72 Å². The number of fused-ring (bicyclic) bond motifs is 2. The van der Waals surface area contributed by atoms with E-state index in [0.29, 0.717) is 18.9 Å². The van der Waals surface area contributed by atoms with Gasteiger partial charge in [-0.05, 0) is 31.2 Å². The Hall–Kier alpha value is -2.32. The molecule has 1 aliphatic heterocycles. The molecule has 0 saturated carbocycles. The molecule has 1 aromatic heterocycles. The molecule has 2 heterocycles. The van der Waals surface area contributed by atoms with Crippen LogP contribution in [0.5, 0.6) is 0 Å². The number of amides is 1. The second-order valence-corrected chi connectivity index (χ2v) is 9.56. The first kappa shape index (κ1) is 19.0. The van der Waals surface area contributed by atoms with Crippen molar-refractivity contribution in [2.24, 2.45) is 0 Å². The van der Waals surface area contributed by atoms with Gasteiger partial charge in [0.15, 0.2) is 5.82 Å². The summed E-state index contributed by atoms with van der Waals surface area (Å²) >= 11 is 0.